The summed E-state index contributed by atoms with van der Waals surface area (Å²) in [4.78, 5) is 21.6. The van der Waals surface area contributed by atoms with Gasteiger partial charge in [0.05, 0.1) is 0 Å². The minimum atomic E-state index is 0.0139. The minimum Gasteiger partial charge on any atom is -0.341 e. The van der Waals surface area contributed by atoms with Gasteiger partial charge in [0.2, 0.25) is 5.91 Å². The fraction of sp³-hybridized carbons (Fsp3) is 0.750. The largest absolute Gasteiger partial charge is 0.341 e. The molecule has 0 spiro atoms. The molecule has 6 heteroatoms. The van der Waals surface area contributed by atoms with E-state index in [1.807, 2.05) is 18.6 Å². The Morgan fingerprint density at radius 2 is 2.18 bits per heavy atom. The van der Waals surface area contributed by atoms with E-state index in [9.17, 15) is 4.79 Å². The van der Waals surface area contributed by atoms with Crippen LogP contribution in [0, 0.1) is 5.92 Å². The zero-order valence-corrected chi connectivity index (χ0v) is 14.1. The zero-order valence-electron chi connectivity index (χ0n) is 13.3. The van der Waals surface area contributed by atoms with Crippen molar-refractivity contribution in [1.82, 2.24) is 15.2 Å². The van der Waals surface area contributed by atoms with E-state index < -0.39 is 0 Å². The molecule has 0 aromatic carbocycles. The molecule has 1 N–H and O–H groups in total. The fourth-order valence-electron chi connectivity index (χ4n) is 3.61. The number of carbonyl (C=O) groups excluding carboxylic acids is 1. The summed E-state index contributed by atoms with van der Waals surface area (Å²) in [7, 11) is 2.01. The average Bonchev–Trinajstić information content (AvgIpc) is 3.23. The Hall–Kier alpha value is -1.14. The van der Waals surface area contributed by atoms with Crippen LogP contribution in [0.2, 0.25) is 0 Å². The summed E-state index contributed by atoms with van der Waals surface area (Å²) >= 11 is 1.63. The van der Waals surface area contributed by atoms with Gasteiger partial charge in [0.25, 0.3) is 0 Å². The Kier molecular flexibility index (Phi) is 5.31. The molecule has 3 rings (SSSR count). The van der Waals surface area contributed by atoms with Gasteiger partial charge in [0.1, 0.15) is 6.04 Å². The van der Waals surface area contributed by atoms with Crippen molar-refractivity contribution in [3.05, 3.63) is 11.6 Å². The Balaban J connectivity index is 1.55. The summed E-state index contributed by atoms with van der Waals surface area (Å²) < 4.78 is 0. The van der Waals surface area contributed by atoms with Gasteiger partial charge >= 0.3 is 0 Å². The smallest absolute Gasteiger partial charge is 0.245 e. The van der Waals surface area contributed by atoms with Crippen LogP contribution >= 0.6 is 11.3 Å². The molecule has 2 saturated heterocycles. The maximum atomic E-state index is 12.9. The molecular weight excluding hydrogens is 296 g/mol. The van der Waals surface area contributed by atoms with Gasteiger partial charge in [-0.1, -0.05) is 0 Å². The molecule has 1 aromatic rings. The van der Waals surface area contributed by atoms with Gasteiger partial charge in [-0.05, 0) is 51.6 Å². The highest BCUT2D eigenvalue weighted by Crippen LogP contribution is 2.29. The average molecular weight is 322 g/mol. The van der Waals surface area contributed by atoms with Crippen LogP contribution in [0.4, 0.5) is 5.13 Å². The highest BCUT2D eigenvalue weighted by molar-refractivity contribution is 7.13. The molecule has 0 bridgehead atoms. The highest BCUT2D eigenvalue weighted by Gasteiger charge is 2.36. The lowest BCUT2D eigenvalue weighted by Crippen LogP contribution is -2.48. The number of anilines is 1. The van der Waals surface area contributed by atoms with Gasteiger partial charge in [-0.25, -0.2) is 4.98 Å². The topological polar surface area (TPSA) is 48.5 Å². The number of nitrogens with one attached hydrogen (secondary N) is 1. The molecule has 1 unspecified atom stereocenters. The standard InChI is InChI=1S/C16H26N4OS/c1-17-7-4-13-5-10-19(11-6-13)15(21)14-3-2-9-20(14)16-18-8-12-22-16/h8,12-14,17H,2-7,9-11H2,1H3. The van der Waals surface area contributed by atoms with Crippen LogP contribution in [0.1, 0.15) is 32.1 Å². The molecule has 22 heavy (non-hydrogen) atoms. The van der Waals surface area contributed by atoms with E-state index in [2.05, 4.69) is 20.1 Å². The summed E-state index contributed by atoms with van der Waals surface area (Å²) in [6.45, 7) is 3.90. The predicted octanol–water partition coefficient (Wildman–Crippen LogP) is 1.96. The van der Waals surface area contributed by atoms with Gasteiger partial charge in [-0.15, -0.1) is 11.3 Å². The molecule has 1 amide bonds. The Bertz CT molecular complexity index is 471. The normalized spacial score (nSPS) is 23.2. The molecule has 0 aliphatic carbocycles. The number of aromatic nitrogens is 1. The molecule has 122 valence electrons. The number of piperidine rings is 1. The van der Waals surface area contributed by atoms with Crippen LogP contribution in [0.15, 0.2) is 11.6 Å². The minimum absolute atomic E-state index is 0.0139. The third-order valence-electron chi connectivity index (χ3n) is 4.93. The van der Waals surface area contributed by atoms with Crippen LogP contribution in [-0.2, 0) is 4.79 Å². The molecule has 2 aliphatic rings. The number of likely N-dealkylation sites (tertiary alicyclic amines) is 1. The second kappa shape index (κ2) is 7.42. The lowest BCUT2D eigenvalue weighted by molar-refractivity contribution is -0.133. The number of carbonyl (C=O) groups is 1. The maximum absolute atomic E-state index is 12.9. The Labute approximate surface area is 136 Å². The number of nitrogens with zero attached hydrogens (tertiary/aromatic N) is 3. The van der Waals surface area contributed by atoms with Crippen LogP contribution in [-0.4, -0.2) is 55.1 Å². The first-order valence-electron chi connectivity index (χ1n) is 8.39. The van der Waals surface area contributed by atoms with Crippen molar-refractivity contribution in [2.45, 2.75) is 38.1 Å². The van der Waals surface area contributed by atoms with Crippen molar-refractivity contribution >= 4 is 22.4 Å². The van der Waals surface area contributed by atoms with E-state index in [0.717, 1.165) is 62.9 Å². The summed E-state index contributed by atoms with van der Waals surface area (Å²) in [6.07, 6.45) is 7.42. The van der Waals surface area contributed by atoms with Crippen LogP contribution in [0.5, 0.6) is 0 Å². The second-order valence-corrected chi connectivity index (χ2v) is 7.20. The quantitative estimate of drug-likeness (QED) is 0.900. The van der Waals surface area contributed by atoms with Crippen LogP contribution in [0.3, 0.4) is 0 Å². The molecule has 2 fully saturated rings. The van der Waals surface area contributed by atoms with E-state index in [1.165, 1.54) is 6.42 Å². The molecule has 5 nitrogen and oxygen atoms in total. The van der Waals surface area contributed by atoms with Crippen molar-refractivity contribution < 1.29 is 4.79 Å². The van der Waals surface area contributed by atoms with Crippen molar-refractivity contribution in [2.24, 2.45) is 5.92 Å². The number of thiazole rings is 1. The Morgan fingerprint density at radius 3 is 2.86 bits per heavy atom. The SMILES string of the molecule is CNCCC1CCN(C(=O)C2CCCN2c2nccs2)CC1. The summed E-state index contributed by atoms with van der Waals surface area (Å²) in [5, 5.41) is 6.21. The van der Waals surface area contributed by atoms with E-state index in [4.69, 9.17) is 0 Å². The first kappa shape index (κ1) is 15.7. The van der Waals surface area contributed by atoms with E-state index in [-0.39, 0.29) is 6.04 Å². The summed E-state index contributed by atoms with van der Waals surface area (Å²) in [6, 6.07) is 0.0139. The zero-order chi connectivity index (χ0) is 15.4. The number of hydrogen-bond acceptors (Lipinski definition) is 5. The van der Waals surface area contributed by atoms with E-state index >= 15 is 0 Å². The first-order chi connectivity index (χ1) is 10.8. The van der Waals surface area contributed by atoms with Gasteiger partial charge in [-0.3, -0.25) is 4.79 Å². The highest BCUT2D eigenvalue weighted by atomic mass is 32.1. The lowest BCUT2D eigenvalue weighted by Gasteiger charge is -2.35. The lowest BCUT2D eigenvalue weighted by atomic mass is 9.93. The molecule has 1 aromatic heterocycles. The predicted molar refractivity (Wildman–Crippen MR) is 90.3 cm³/mol. The van der Waals surface area contributed by atoms with Crippen molar-refractivity contribution in [3.8, 4) is 0 Å². The Morgan fingerprint density at radius 1 is 1.36 bits per heavy atom. The number of hydrogen-bond donors (Lipinski definition) is 1. The van der Waals surface area contributed by atoms with Crippen molar-refractivity contribution in [2.75, 3.05) is 38.1 Å². The monoisotopic (exact) mass is 322 g/mol. The third-order valence-corrected chi connectivity index (χ3v) is 5.74. The van der Waals surface area contributed by atoms with Crippen LogP contribution < -0.4 is 10.2 Å². The molecule has 1 atom stereocenters. The third kappa shape index (κ3) is 3.43. The van der Waals surface area contributed by atoms with Gasteiger partial charge in [0, 0.05) is 31.2 Å². The van der Waals surface area contributed by atoms with Crippen molar-refractivity contribution in [3.63, 3.8) is 0 Å². The molecule has 0 saturated carbocycles. The molecular formula is C16H26N4OS. The van der Waals surface area contributed by atoms with E-state index in [1.54, 1.807) is 11.3 Å². The summed E-state index contributed by atoms with van der Waals surface area (Å²) in [5.41, 5.74) is 0. The maximum Gasteiger partial charge on any atom is 0.245 e. The molecule has 2 aliphatic heterocycles. The fourth-order valence-corrected chi connectivity index (χ4v) is 4.33. The van der Waals surface area contributed by atoms with Crippen molar-refractivity contribution in [1.29, 1.82) is 0 Å². The van der Waals surface area contributed by atoms with Crippen LogP contribution in [0.25, 0.3) is 0 Å². The molecule has 0 radical (unpaired) electrons. The number of rotatable bonds is 5. The van der Waals surface area contributed by atoms with Gasteiger partial charge in [-0.2, -0.15) is 0 Å². The molecule has 3 heterocycles. The first-order valence-corrected chi connectivity index (χ1v) is 9.27. The van der Waals surface area contributed by atoms with E-state index in [0.29, 0.717) is 5.91 Å². The second-order valence-electron chi connectivity index (χ2n) is 6.33. The van der Waals surface area contributed by atoms with Gasteiger partial charge < -0.3 is 15.1 Å². The number of amides is 1. The summed E-state index contributed by atoms with van der Waals surface area (Å²) in [5.74, 6) is 1.09. The van der Waals surface area contributed by atoms with Gasteiger partial charge in [0.15, 0.2) is 5.13 Å².